The summed E-state index contributed by atoms with van der Waals surface area (Å²) in [5.41, 5.74) is 0.486. The van der Waals surface area contributed by atoms with E-state index in [1.54, 1.807) is 14.0 Å². The van der Waals surface area contributed by atoms with Crippen molar-refractivity contribution in [3.8, 4) is 0 Å². The quantitative estimate of drug-likeness (QED) is 0.879. The second-order valence-corrected chi connectivity index (χ2v) is 7.10. The molecule has 1 fully saturated rings. The second-order valence-electron chi connectivity index (χ2n) is 5.20. The van der Waals surface area contributed by atoms with Crippen LogP contribution in [0.3, 0.4) is 0 Å². The summed E-state index contributed by atoms with van der Waals surface area (Å²) in [6.07, 6.45) is 2.80. The lowest BCUT2D eigenvalue weighted by Crippen LogP contribution is -2.39. The third-order valence-corrected chi connectivity index (χ3v) is 5.62. The molecule has 2 heterocycles. The topological polar surface area (TPSA) is 92.5 Å². The summed E-state index contributed by atoms with van der Waals surface area (Å²) in [5.74, 6) is -0.761. The fourth-order valence-corrected chi connectivity index (χ4v) is 4.24. The van der Waals surface area contributed by atoms with Crippen LogP contribution in [0.4, 0.5) is 0 Å². The highest BCUT2D eigenvalue weighted by Gasteiger charge is 2.32. The molecule has 1 N–H and O–H groups in total. The number of aliphatic carboxylic acids is 1. The molecule has 1 aliphatic heterocycles. The molecule has 112 valence electrons. The summed E-state index contributed by atoms with van der Waals surface area (Å²) in [4.78, 5) is 10.9. The van der Waals surface area contributed by atoms with E-state index in [2.05, 4.69) is 5.10 Å². The van der Waals surface area contributed by atoms with E-state index in [0.717, 1.165) is 0 Å². The Morgan fingerprint density at radius 2 is 2.05 bits per heavy atom. The first-order valence-electron chi connectivity index (χ1n) is 6.53. The van der Waals surface area contributed by atoms with Crippen molar-refractivity contribution >= 4 is 16.0 Å². The second kappa shape index (κ2) is 5.53. The van der Waals surface area contributed by atoms with Crippen molar-refractivity contribution in [2.75, 3.05) is 13.1 Å². The van der Waals surface area contributed by atoms with E-state index in [1.165, 1.54) is 15.2 Å². The zero-order valence-electron chi connectivity index (χ0n) is 11.6. The molecular weight excluding hydrogens is 282 g/mol. The summed E-state index contributed by atoms with van der Waals surface area (Å²) >= 11 is 0. The minimum absolute atomic E-state index is 0.0638. The van der Waals surface area contributed by atoms with Crippen LogP contribution in [0.1, 0.15) is 25.0 Å². The van der Waals surface area contributed by atoms with Crippen LogP contribution < -0.4 is 0 Å². The van der Waals surface area contributed by atoms with E-state index in [1.807, 2.05) is 0 Å². The van der Waals surface area contributed by atoms with Crippen LogP contribution in [0, 0.1) is 12.8 Å². The van der Waals surface area contributed by atoms with Crippen LogP contribution in [0.25, 0.3) is 0 Å². The fourth-order valence-electron chi connectivity index (χ4n) is 2.57. The van der Waals surface area contributed by atoms with E-state index >= 15 is 0 Å². The Hall–Kier alpha value is -1.41. The number of carboxylic acid groups (broad SMARTS) is 1. The van der Waals surface area contributed by atoms with Gasteiger partial charge in [-0.25, -0.2) is 8.42 Å². The number of carbonyl (C=O) groups is 1. The van der Waals surface area contributed by atoms with Crippen molar-refractivity contribution in [2.24, 2.45) is 13.0 Å². The average molecular weight is 301 g/mol. The smallest absolute Gasteiger partial charge is 0.303 e. The molecule has 1 aliphatic rings. The third-order valence-electron chi connectivity index (χ3n) is 3.62. The Balaban J connectivity index is 2.10. The van der Waals surface area contributed by atoms with Crippen LogP contribution in [0.15, 0.2) is 11.1 Å². The molecule has 0 aromatic carbocycles. The van der Waals surface area contributed by atoms with Crippen molar-refractivity contribution in [3.05, 3.63) is 11.9 Å². The van der Waals surface area contributed by atoms with Crippen molar-refractivity contribution in [2.45, 2.75) is 31.1 Å². The zero-order valence-corrected chi connectivity index (χ0v) is 12.4. The molecule has 7 nitrogen and oxygen atoms in total. The molecule has 1 saturated heterocycles. The van der Waals surface area contributed by atoms with Gasteiger partial charge in [0.25, 0.3) is 0 Å². The van der Waals surface area contributed by atoms with Gasteiger partial charge in [-0.1, -0.05) is 0 Å². The minimum atomic E-state index is -3.52. The van der Waals surface area contributed by atoms with Crippen LogP contribution in [-0.4, -0.2) is 46.7 Å². The lowest BCUT2D eigenvalue weighted by Gasteiger charge is -2.30. The Bertz CT molecular complexity index is 600. The van der Waals surface area contributed by atoms with E-state index in [9.17, 15) is 13.2 Å². The lowest BCUT2D eigenvalue weighted by atomic mass is 9.95. The number of aromatic nitrogens is 2. The normalized spacial score (nSPS) is 18.3. The van der Waals surface area contributed by atoms with E-state index in [4.69, 9.17) is 5.11 Å². The molecule has 0 atom stereocenters. The zero-order chi connectivity index (χ0) is 14.9. The predicted molar refractivity (Wildman–Crippen MR) is 71.7 cm³/mol. The summed E-state index contributed by atoms with van der Waals surface area (Å²) < 4.78 is 27.9. The Kier molecular flexibility index (Phi) is 4.14. The Labute approximate surface area is 118 Å². The number of rotatable bonds is 4. The molecule has 0 saturated carbocycles. The van der Waals surface area contributed by atoms with Gasteiger partial charge in [0.15, 0.2) is 0 Å². The fraction of sp³-hybridized carbons (Fsp3) is 0.667. The van der Waals surface area contributed by atoms with Crippen molar-refractivity contribution in [1.29, 1.82) is 0 Å². The van der Waals surface area contributed by atoms with E-state index < -0.39 is 16.0 Å². The minimum Gasteiger partial charge on any atom is -0.481 e. The summed E-state index contributed by atoms with van der Waals surface area (Å²) in [6, 6.07) is 0. The van der Waals surface area contributed by atoms with E-state index in [0.29, 0.717) is 31.6 Å². The van der Waals surface area contributed by atoms with Gasteiger partial charge in [0.1, 0.15) is 4.90 Å². The highest BCUT2D eigenvalue weighted by Crippen LogP contribution is 2.26. The molecule has 0 spiro atoms. The van der Waals surface area contributed by atoms with Gasteiger partial charge in [-0.05, 0) is 25.7 Å². The predicted octanol–water partition coefficient (Wildman–Crippen LogP) is 0.604. The highest BCUT2D eigenvalue weighted by molar-refractivity contribution is 7.89. The monoisotopic (exact) mass is 301 g/mol. The number of aryl methyl sites for hydroxylation is 2. The van der Waals surface area contributed by atoms with Gasteiger partial charge in [0.2, 0.25) is 10.0 Å². The molecule has 1 aromatic heterocycles. The number of hydrogen-bond donors (Lipinski definition) is 1. The van der Waals surface area contributed by atoms with Crippen LogP contribution in [0.5, 0.6) is 0 Å². The largest absolute Gasteiger partial charge is 0.481 e. The Morgan fingerprint density at radius 1 is 1.45 bits per heavy atom. The summed E-state index contributed by atoms with van der Waals surface area (Å²) in [5, 5.41) is 12.8. The van der Waals surface area contributed by atoms with E-state index in [-0.39, 0.29) is 17.2 Å². The molecule has 0 aliphatic carbocycles. The lowest BCUT2D eigenvalue weighted by molar-refractivity contribution is -0.138. The molecule has 0 bridgehead atoms. The molecule has 20 heavy (non-hydrogen) atoms. The van der Waals surface area contributed by atoms with Gasteiger partial charge in [-0.2, -0.15) is 9.40 Å². The number of carboxylic acids is 1. The van der Waals surface area contributed by atoms with Gasteiger partial charge < -0.3 is 5.11 Å². The first-order valence-corrected chi connectivity index (χ1v) is 7.97. The van der Waals surface area contributed by atoms with Crippen molar-refractivity contribution in [3.63, 3.8) is 0 Å². The first kappa shape index (κ1) is 15.0. The van der Waals surface area contributed by atoms with Crippen molar-refractivity contribution < 1.29 is 18.3 Å². The molecule has 0 unspecified atom stereocenters. The molecule has 8 heteroatoms. The molecule has 0 amide bonds. The maximum atomic E-state index is 12.5. The van der Waals surface area contributed by atoms with Crippen molar-refractivity contribution in [1.82, 2.24) is 14.1 Å². The average Bonchev–Trinajstić information content (AvgIpc) is 2.69. The third kappa shape index (κ3) is 3.01. The van der Waals surface area contributed by atoms with Gasteiger partial charge in [0, 0.05) is 32.8 Å². The highest BCUT2D eigenvalue weighted by atomic mass is 32.2. The van der Waals surface area contributed by atoms with Gasteiger partial charge in [0.05, 0.1) is 5.69 Å². The molecule has 1 aromatic rings. The number of hydrogen-bond acceptors (Lipinski definition) is 4. The summed E-state index contributed by atoms with van der Waals surface area (Å²) in [7, 11) is -1.84. The molecule has 0 radical (unpaired) electrons. The SMILES string of the molecule is Cc1nn(C)cc1S(=O)(=O)N1CCC(CC(=O)O)CC1. The number of nitrogens with zero attached hydrogens (tertiary/aromatic N) is 3. The van der Waals surface area contributed by atoms with Crippen LogP contribution >= 0.6 is 0 Å². The number of sulfonamides is 1. The van der Waals surface area contributed by atoms with Gasteiger partial charge >= 0.3 is 5.97 Å². The Morgan fingerprint density at radius 3 is 2.50 bits per heavy atom. The first-order chi connectivity index (χ1) is 9.30. The molecular formula is C12H19N3O4S. The summed E-state index contributed by atoms with van der Waals surface area (Å²) in [6.45, 7) is 2.41. The standard InChI is InChI=1S/C12H19N3O4S/c1-9-11(8-14(2)13-9)20(18,19)15-5-3-10(4-6-15)7-12(16)17/h8,10H,3-7H2,1-2H3,(H,16,17). The van der Waals surface area contributed by atoms with Gasteiger partial charge in [-0.3, -0.25) is 9.48 Å². The molecule has 2 rings (SSSR count). The maximum absolute atomic E-state index is 12.5. The van der Waals surface area contributed by atoms with Crippen LogP contribution in [-0.2, 0) is 21.9 Å². The van der Waals surface area contributed by atoms with Gasteiger partial charge in [-0.15, -0.1) is 0 Å². The number of piperidine rings is 1. The maximum Gasteiger partial charge on any atom is 0.303 e. The van der Waals surface area contributed by atoms with Crippen LogP contribution in [0.2, 0.25) is 0 Å².